The molecule has 0 aliphatic heterocycles. The van der Waals surface area contributed by atoms with Gasteiger partial charge in [0.15, 0.2) is 0 Å². The van der Waals surface area contributed by atoms with Crippen LogP contribution in [0.25, 0.3) is 5.69 Å². The highest BCUT2D eigenvalue weighted by Crippen LogP contribution is 2.29. The fraction of sp³-hybridized carbons (Fsp3) is 0.176. The molecule has 0 saturated heterocycles. The van der Waals surface area contributed by atoms with Crippen molar-refractivity contribution >= 4 is 0 Å². The fourth-order valence-electron chi connectivity index (χ4n) is 2.42. The summed E-state index contributed by atoms with van der Waals surface area (Å²) in [5.74, 6) is 0. The van der Waals surface area contributed by atoms with E-state index in [1.807, 2.05) is 19.1 Å². The normalized spacial score (nSPS) is 11.7. The summed E-state index contributed by atoms with van der Waals surface area (Å²) in [4.78, 5) is 24.5. The summed E-state index contributed by atoms with van der Waals surface area (Å²) < 4.78 is 40.2. The first-order valence-electron chi connectivity index (χ1n) is 7.41. The van der Waals surface area contributed by atoms with E-state index >= 15 is 0 Å². The number of aromatic amines is 1. The topological polar surface area (TPSA) is 59.8 Å². The zero-order valence-corrected chi connectivity index (χ0v) is 13.2. The van der Waals surface area contributed by atoms with Crippen LogP contribution in [0.15, 0.2) is 58.1 Å². The second kappa shape index (κ2) is 6.12. The molecule has 0 aliphatic carbocycles. The molecule has 2 aromatic carbocycles. The first-order chi connectivity index (χ1) is 11.8. The van der Waals surface area contributed by atoms with Crippen LogP contribution in [0.1, 0.15) is 16.7 Å². The summed E-state index contributed by atoms with van der Waals surface area (Å²) in [7, 11) is 0. The van der Waals surface area contributed by atoms with E-state index in [1.165, 1.54) is 12.1 Å². The largest absolute Gasteiger partial charge is 0.416 e. The number of H-pyrrole nitrogens is 1. The van der Waals surface area contributed by atoms with Crippen molar-refractivity contribution in [3.05, 3.63) is 86.2 Å². The van der Waals surface area contributed by atoms with Crippen LogP contribution in [0, 0.1) is 6.92 Å². The number of aryl methyl sites for hydroxylation is 1. The lowest BCUT2D eigenvalue weighted by Crippen LogP contribution is -2.29. The van der Waals surface area contributed by atoms with Gasteiger partial charge in [0, 0.05) is 0 Å². The predicted molar refractivity (Wildman–Crippen MR) is 85.9 cm³/mol. The Morgan fingerprint density at radius 1 is 1.04 bits per heavy atom. The third-order valence-electron chi connectivity index (χ3n) is 3.77. The first-order valence-corrected chi connectivity index (χ1v) is 7.41. The van der Waals surface area contributed by atoms with Gasteiger partial charge in [-0.1, -0.05) is 35.9 Å². The number of hydrogen-bond acceptors (Lipinski definition) is 2. The van der Waals surface area contributed by atoms with Crippen LogP contribution in [-0.2, 0) is 12.7 Å². The zero-order chi connectivity index (χ0) is 18.2. The molecule has 25 heavy (non-hydrogen) atoms. The number of rotatable bonds is 3. The van der Waals surface area contributed by atoms with Crippen molar-refractivity contribution in [1.82, 2.24) is 14.3 Å². The molecular weight excluding hydrogens is 335 g/mol. The monoisotopic (exact) mass is 349 g/mol. The van der Waals surface area contributed by atoms with Crippen LogP contribution in [0.5, 0.6) is 0 Å². The summed E-state index contributed by atoms with van der Waals surface area (Å²) in [6.07, 6.45) is -4.54. The molecule has 3 aromatic rings. The molecule has 8 heteroatoms. The highest BCUT2D eigenvalue weighted by atomic mass is 19.4. The van der Waals surface area contributed by atoms with E-state index in [4.69, 9.17) is 0 Å². The minimum absolute atomic E-state index is 0.0282. The van der Waals surface area contributed by atoms with Gasteiger partial charge in [-0.15, -0.1) is 0 Å². The summed E-state index contributed by atoms with van der Waals surface area (Å²) in [5, 5.41) is 2.28. The molecule has 0 atom stereocenters. The van der Waals surface area contributed by atoms with Gasteiger partial charge in [-0.25, -0.2) is 23.9 Å². The van der Waals surface area contributed by atoms with E-state index in [0.717, 1.165) is 32.5 Å². The first kappa shape index (κ1) is 16.8. The Kier molecular flexibility index (Phi) is 4.12. The molecule has 0 spiro atoms. The van der Waals surface area contributed by atoms with Gasteiger partial charge in [0.2, 0.25) is 0 Å². The lowest BCUT2D eigenvalue weighted by molar-refractivity contribution is -0.137. The Morgan fingerprint density at radius 2 is 1.72 bits per heavy atom. The molecule has 130 valence electrons. The molecule has 0 unspecified atom stereocenters. The smallest absolute Gasteiger partial charge is 0.246 e. The third kappa shape index (κ3) is 3.42. The Bertz CT molecular complexity index is 1010. The van der Waals surface area contributed by atoms with Gasteiger partial charge in [0.1, 0.15) is 0 Å². The quantitative estimate of drug-likeness (QED) is 0.790. The molecule has 1 N–H and O–H groups in total. The van der Waals surface area contributed by atoms with Crippen molar-refractivity contribution in [2.75, 3.05) is 0 Å². The lowest BCUT2D eigenvalue weighted by atomic mass is 10.1. The molecule has 0 fully saturated rings. The second-order valence-corrected chi connectivity index (χ2v) is 5.65. The number of nitrogens with zero attached hydrogens (tertiary/aromatic N) is 2. The summed E-state index contributed by atoms with van der Waals surface area (Å²) in [6.45, 7) is 1.94. The Hall–Kier alpha value is -3.03. The molecule has 3 rings (SSSR count). The average molecular weight is 349 g/mol. The van der Waals surface area contributed by atoms with Crippen molar-refractivity contribution < 1.29 is 13.2 Å². The van der Waals surface area contributed by atoms with Gasteiger partial charge >= 0.3 is 17.6 Å². The summed E-state index contributed by atoms with van der Waals surface area (Å²) in [5.41, 5.74) is -0.608. The summed E-state index contributed by atoms with van der Waals surface area (Å²) in [6, 6.07) is 11.5. The highest BCUT2D eigenvalue weighted by Gasteiger charge is 2.30. The van der Waals surface area contributed by atoms with Crippen LogP contribution in [0.2, 0.25) is 0 Å². The van der Waals surface area contributed by atoms with Crippen molar-refractivity contribution in [3.63, 3.8) is 0 Å². The minimum atomic E-state index is -4.54. The second-order valence-electron chi connectivity index (χ2n) is 5.65. The molecule has 0 bridgehead atoms. The summed E-state index contributed by atoms with van der Waals surface area (Å²) >= 11 is 0. The van der Waals surface area contributed by atoms with Crippen LogP contribution < -0.4 is 11.4 Å². The number of nitrogens with one attached hydrogen (secondary N) is 1. The number of benzene rings is 2. The van der Waals surface area contributed by atoms with E-state index in [0.29, 0.717) is 0 Å². The van der Waals surface area contributed by atoms with E-state index in [9.17, 15) is 22.8 Å². The highest BCUT2D eigenvalue weighted by molar-refractivity contribution is 5.36. The van der Waals surface area contributed by atoms with Gasteiger partial charge in [0.25, 0.3) is 0 Å². The Labute approximate surface area is 139 Å². The van der Waals surface area contributed by atoms with E-state index in [2.05, 4.69) is 5.10 Å². The van der Waals surface area contributed by atoms with Crippen LogP contribution >= 0.6 is 0 Å². The van der Waals surface area contributed by atoms with Crippen molar-refractivity contribution in [1.29, 1.82) is 0 Å². The molecule has 5 nitrogen and oxygen atoms in total. The molecule has 0 aliphatic rings. The van der Waals surface area contributed by atoms with E-state index in [-0.39, 0.29) is 12.2 Å². The Morgan fingerprint density at radius 3 is 2.36 bits per heavy atom. The van der Waals surface area contributed by atoms with Crippen LogP contribution in [0.3, 0.4) is 0 Å². The van der Waals surface area contributed by atoms with Gasteiger partial charge in [-0.3, -0.25) is 0 Å². The molecule has 0 saturated carbocycles. The van der Waals surface area contributed by atoms with Gasteiger partial charge < -0.3 is 0 Å². The average Bonchev–Trinajstić information content (AvgIpc) is 2.84. The molecule has 1 aromatic heterocycles. The molecule has 0 amide bonds. The van der Waals surface area contributed by atoms with Crippen molar-refractivity contribution in [2.45, 2.75) is 19.6 Å². The Balaban J connectivity index is 2.02. The number of halogens is 3. The van der Waals surface area contributed by atoms with E-state index in [1.54, 1.807) is 12.1 Å². The third-order valence-corrected chi connectivity index (χ3v) is 3.77. The standard InChI is InChI=1S/C17H14F3N3O2/c1-11-5-7-12(8-6-11)10-22-15(24)21-23(16(22)25)14-4-2-3-13(9-14)17(18,19)20/h2-9H,10H2,1H3,(H,21,24). The zero-order valence-electron chi connectivity index (χ0n) is 13.2. The van der Waals surface area contributed by atoms with Gasteiger partial charge in [-0.2, -0.15) is 13.2 Å². The molecule has 0 radical (unpaired) electrons. The maximum Gasteiger partial charge on any atom is 0.416 e. The predicted octanol–water partition coefficient (Wildman–Crippen LogP) is 2.70. The number of alkyl halides is 3. The van der Waals surface area contributed by atoms with Crippen LogP contribution in [0.4, 0.5) is 13.2 Å². The van der Waals surface area contributed by atoms with Gasteiger partial charge in [0.05, 0.1) is 17.8 Å². The van der Waals surface area contributed by atoms with Gasteiger partial charge in [-0.05, 0) is 30.7 Å². The lowest BCUT2D eigenvalue weighted by Gasteiger charge is -2.08. The van der Waals surface area contributed by atoms with Crippen LogP contribution in [-0.4, -0.2) is 14.3 Å². The SMILES string of the molecule is Cc1ccc(Cn2c(=O)[nH]n(-c3cccc(C(F)(F)F)c3)c2=O)cc1. The molecular formula is C17H14F3N3O2. The minimum Gasteiger partial charge on any atom is -0.246 e. The number of aromatic nitrogens is 3. The molecule has 1 heterocycles. The fourth-order valence-corrected chi connectivity index (χ4v) is 2.42. The maximum atomic E-state index is 12.8. The van der Waals surface area contributed by atoms with Crippen molar-refractivity contribution in [2.24, 2.45) is 0 Å². The number of hydrogen-bond donors (Lipinski definition) is 1. The van der Waals surface area contributed by atoms with Crippen molar-refractivity contribution in [3.8, 4) is 5.69 Å². The maximum absolute atomic E-state index is 12.8. The van der Waals surface area contributed by atoms with E-state index < -0.39 is 23.1 Å².